The summed E-state index contributed by atoms with van der Waals surface area (Å²) < 4.78 is 24.0. The monoisotopic (exact) mass is 354 g/mol. The van der Waals surface area contributed by atoms with Gasteiger partial charge in [0.05, 0.1) is 19.4 Å². The number of rotatable bonds is 6. The summed E-state index contributed by atoms with van der Waals surface area (Å²) >= 11 is 0. The van der Waals surface area contributed by atoms with Crippen LogP contribution in [0.4, 0.5) is 4.39 Å². The van der Waals surface area contributed by atoms with Crippen LogP contribution in [-0.2, 0) is 6.42 Å². The molecule has 0 saturated carbocycles. The van der Waals surface area contributed by atoms with Crippen LogP contribution in [0.15, 0.2) is 48.8 Å². The van der Waals surface area contributed by atoms with Crippen molar-refractivity contribution in [3.8, 4) is 28.5 Å². The molecule has 5 nitrogen and oxygen atoms in total. The number of aromatic hydroxyl groups is 1. The molecule has 2 aromatic carbocycles. The van der Waals surface area contributed by atoms with Gasteiger partial charge in [-0.25, -0.2) is 14.4 Å². The van der Waals surface area contributed by atoms with Crippen LogP contribution in [0.1, 0.15) is 18.2 Å². The molecule has 0 bridgehead atoms. The smallest absolute Gasteiger partial charge is 0.160 e. The van der Waals surface area contributed by atoms with E-state index in [2.05, 4.69) is 9.97 Å². The number of hydrogen-bond acceptors (Lipinski definition) is 5. The van der Waals surface area contributed by atoms with Crippen molar-refractivity contribution in [3.63, 3.8) is 0 Å². The molecule has 26 heavy (non-hydrogen) atoms. The number of phenols is 1. The van der Waals surface area contributed by atoms with E-state index in [4.69, 9.17) is 9.47 Å². The molecule has 0 aliphatic carbocycles. The lowest BCUT2D eigenvalue weighted by Gasteiger charge is -2.10. The van der Waals surface area contributed by atoms with Crippen LogP contribution in [0, 0.1) is 5.82 Å². The highest BCUT2D eigenvalue weighted by atomic mass is 19.1. The van der Waals surface area contributed by atoms with Gasteiger partial charge in [-0.1, -0.05) is 6.07 Å². The lowest BCUT2D eigenvalue weighted by Crippen LogP contribution is -1.97. The minimum absolute atomic E-state index is 0.0961. The minimum Gasteiger partial charge on any atom is -0.504 e. The second-order valence-electron chi connectivity index (χ2n) is 5.65. The molecule has 0 unspecified atom stereocenters. The van der Waals surface area contributed by atoms with Gasteiger partial charge in [0, 0.05) is 23.7 Å². The van der Waals surface area contributed by atoms with Crippen LogP contribution in [0.25, 0.3) is 11.3 Å². The van der Waals surface area contributed by atoms with Gasteiger partial charge in [-0.3, -0.25) is 0 Å². The predicted octanol–water partition coefficient (Wildman–Crippen LogP) is 3.99. The lowest BCUT2D eigenvalue weighted by atomic mass is 10.1. The Morgan fingerprint density at radius 1 is 1.04 bits per heavy atom. The molecule has 6 heteroatoms. The van der Waals surface area contributed by atoms with Crippen LogP contribution < -0.4 is 9.47 Å². The van der Waals surface area contributed by atoms with Crippen molar-refractivity contribution in [2.45, 2.75) is 13.3 Å². The van der Waals surface area contributed by atoms with Crippen LogP contribution >= 0.6 is 0 Å². The fourth-order valence-electron chi connectivity index (χ4n) is 2.68. The average molecular weight is 354 g/mol. The number of ether oxygens (including phenoxy) is 2. The van der Waals surface area contributed by atoms with E-state index < -0.39 is 0 Å². The average Bonchev–Trinajstić information content (AvgIpc) is 2.64. The third-order valence-corrected chi connectivity index (χ3v) is 3.87. The molecule has 0 amide bonds. The Labute approximate surface area is 151 Å². The summed E-state index contributed by atoms with van der Waals surface area (Å²) in [4.78, 5) is 8.55. The zero-order valence-electron chi connectivity index (χ0n) is 14.6. The predicted molar refractivity (Wildman–Crippen MR) is 96.1 cm³/mol. The van der Waals surface area contributed by atoms with Gasteiger partial charge >= 0.3 is 0 Å². The van der Waals surface area contributed by atoms with Gasteiger partial charge in [-0.05, 0) is 42.8 Å². The van der Waals surface area contributed by atoms with Crippen molar-refractivity contribution in [1.29, 1.82) is 0 Å². The molecule has 0 spiro atoms. The Kier molecular flexibility index (Phi) is 5.31. The molecule has 3 rings (SSSR count). The maximum atomic E-state index is 13.4. The Morgan fingerprint density at radius 3 is 2.62 bits per heavy atom. The van der Waals surface area contributed by atoms with Crippen molar-refractivity contribution >= 4 is 0 Å². The highest BCUT2D eigenvalue weighted by molar-refractivity contribution is 5.67. The second kappa shape index (κ2) is 7.82. The van der Waals surface area contributed by atoms with E-state index in [0.717, 1.165) is 11.3 Å². The molecule has 134 valence electrons. The topological polar surface area (TPSA) is 64.5 Å². The summed E-state index contributed by atoms with van der Waals surface area (Å²) in [6.45, 7) is 2.35. The number of nitrogens with zero attached hydrogens (tertiary/aromatic N) is 2. The van der Waals surface area contributed by atoms with Crippen molar-refractivity contribution < 1.29 is 19.0 Å². The van der Waals surface area contributed by atoms with E-state index in [1.54, 1.807) is 18.2 Å². The molecule has 0 radical (unpaired) electrons. The van der Waals surface area contributed by atoms with Crippen LogP contribution in [0.2, 0.25) is 0 Å². The van der Waals surface area contributed by atoms with Crippen molar-refractivity contribution in [1.82, 2.24) is 9.97 Å². The Balaban J connectivity index is 1.87. The third-order valence-electron chi connectivity index (χ3n) is 3.87. The second-order valence-corrected chi connectivity index (χ2v) is 5.65. The Morgan fingerprint density at radius 2 is 1.88 bits per heavy atom. The van der Waals surface area contributed by atoms with Crippen molar-refractivity contribution in [2.24, 2.45) is 0 Å². The number of phenolic OH excluding ortho intramolecular Hbond substituents is 1. The van der Waals surface area contributed by atoms with Gasteiger partial charge in [0.15, 0.2) is 11.5 Å². The molecule has 3 aromatic rings. The largest absolute Gasteiger partial charge is 0.504 e. The van der Waals surface area contributed by atoms with E-state index in [-0.39, 0.29) is 11.6 Å². The Hall–Kier alpha value is -3.15. The molecule has 1 aromatic heterocycles. The normalized spacial score (nSPS) is 10.6. The highest BCUT2D eigenvalue weighted by Gasteiger charge is 2.11. The molecule has 0 saturated heterocycles. The minimum atomic E-state index is -0.371. The van der Waals surface area contributed by atoms with Gasteiger partial charge in [-0.15, -0.1) is 0 Å². The first kappa shape index (κ1) is 17.7. The van der Waals surface area contributed by atoms with Gasteiger partial charge in [0.25, 0.3) is 0 Å². The molecule has 0 aliphatic rings. The zero-order chi connectivity index (χ0) is 18.5. The van der Waals surface area contributed by atoms with E-state index >= 15 is 0 Å². The zero-order valence-corrected chi connectivity index (χ0v) is 14.6. The fraction of sp³-hybridized carbons (Fsp3) is 0.200. The summed E-state index contributed by atoms with van der Waals surface area (Å²) in [6.07, 6.45) is 1.97. The number of aromatic nitrogens is 2. The van der Waals surface area contributed by atoms with Gasteiger partial charge in [0.1, 0.15) is 17.9 Å². The first-order valence-electron chi connectivity index (χ1n) is 8.20. The number of halogens is 1. The molecule has 1 N–H and O–H groups in total. The van der Waals surface area contributed by atoms with E-state index in [1.165, 1.54) is 25.6 Å². The summed E-state index contributed by atoms with van der Waals surface area (Å²) in [6, 6.07) is 11.4. The van der Waals surface area contributed by atoms with E-state index in [0.29, 0.717) is 35.8 Å². The van der Waals surface area contributed by atoms with E-state index in [9.17, 15) is 9.50 Å². The van der Waals surface area contributed by atoms with Crippen molar-refractivity contribution in [3.05, 3.63) is 65.9 Å². The summed E-state index contributed by atoms with van der Waals surface area (Å²) in [5, 5.41) is 10.0. The van der Waals surface area contributed by atoms with Gasteiger partial charge in [0.2, 0.25) is 0 Å². The van der Waals surface area contributed by atoms with Crippen LogP contribution in [0.5, 0.6) is 17.2 Å². The maximum absolute atomic E-state index is 13.4. The van der Waals surface area contributed by atoms with Crippen molar-refractivity contribution in [2.75, 3.05) is 13.7 Å². The molecule has 1 heterocycles. The lowest BCUT2D eigenvalue weighted by molar-refractivity contribution is 0.318. The molecule has 0 atom stereocenters. The first-order valence-corrected chi connectivity index (χ1v) is 8.20. The van der Waals surface area contributed by atoms with Gasteiger partial charge in [-0.2, -0.15) is 0 Å². The first-order chi connectivity index (χ1) is 12.6. The van der Waals surface area contributed by atoms with Crippen LogP contribution in [0.3, 0.4) is 0 Å². The molecular formula is C20H19FN2O3. The Bertz CT molecular complexity index is 915. The highest BCUT2D eigenvalue weighted by Crippen LogP contribution is 2.30. The summed E-state index contributed by atoms with van der Waals surface area (Å²) in [5.41, 5.74) is 2.99. The quantitative estimate of drug-likeness (QED) is 0.725. The third kappa shape index (κ3) is 3.91. The van der Waals surface area contributed by atoms with E-state index in [1.807, 2.05) is 19.1 Å². The molecule has 0 fully saturated rings. The summed E-state index contributed by atoms with van der Waals surface area (Å²) in [7, 11) is 1.49. The number of benzene rings is 2. The number of methoxy groups -OCH3 is 1. The van der Waals surface area contributed by atoms with Gasteiger partial charge < -0.3 is 14.6 Å². The van der Waals surface area contributed by atoms with Crippen LogP contribution in [-0.4, -0.2) is 28.8 Å². The fourth-order valence-corrected chi connectivity index (χ4v) is 2.68. The summed E-state index contributed by atoms with van der Waals surface area (Å²) in [5.74, 6) is 0.590. The molecular weight excluding hydrogens is 335 g/mol. The SMILES string of the molecule is CCOc1ccc(Cc2cc(-c3ccc(F)cc3OC)ncn2)cc1O. The standard InChI is InChI=1S/C20H19FN2O3/c1-3-26-19-7-4-13(9-18(19)24)8-15-11-17(23-12-22-15)16-6-5-14(21)10-20(16)25-2/h4-7,9-12,24H,3,8H2,1-2H3. The maximum Gasteiger partial charge on any atom is 0.160 e. The molecule has 0 aliphatic heterocycles. The number of hydrogen-bond donors (Lipinski definition) is 1.